The summed E-state index contributed by atoms with van der Waals surface area (Å²) < 4.78 is 4.70. The Hall–Kier alpha value is -1.39. The quantitative estimate of drug-likeness (QED) is 0.250. The van der Waals surface area contributed by atoms with Crippen molar-refractivity contribution in [2.45, 2.75) is 97.8 Å². The summed E-state index contributed by atoms with van der Waals surface area (Å²) in [4.78, 5) is 33.6. The Labute approximate surface area is 152 Å². The topological polar surface area (TPSA) is 80.7 Å². The van der Waals surface area contributed by atoms with Crippen LogP contribution in [0.1, 0.15) is 97.8 Å². The van der Waals surface area contributed by atoms with E-state index in [9.17, 15) is 14.4 Å². The highest BCUT2D eigenvalue weighted by Gasteiger charge is 2.19. The first-order valence-electron chi connectivity index (χ1n) is 9.83. The number of carbonyl (C=O) groups is 3. The van der Waals surface area contributed by atoms with E-state index in [4.69, 9.17) is 9.84 Å². The third kappa shape index (κ3) is 14.6. The van der Waals surface area contributed by atoms with Gasteiger partial charge in [-0.05, 0) is 18.8 Å². The van der Waals surface area contributed by atoms with Gasteiger partial charge in [-0.1, -0.05) is 72.1 Å². The van der Waals surface area contributed by atoms with Crippen molar-refractivity contribution in [3.8, 4) is 0 Å². The zero-order valence-electron chi connectivity index (χ0n) is 16.2. The van der Waals surface area contributed by atoms with Gasteiger partial charge in [0, 0.05) is 0 Å². The number of hydrogen-bond donors (Lipinski definition) is 1. The van der Waals surface area contributed by atoms with Crippen LogP contribution < -0.4 is 0 Å². The normalized spacial score (nSPS) is 13.2. The maximum Gasteiger partial charge on any atom is 0.316 e. The van der Waals surface area contributed by atoms with Crippen LogP contribution in [0.5, 0.6) is 0 Å². The molecule has 0 saturated carbocycles. The summed E-state index contributed by atoms with van der Waals surface area (Å²) in [5, 5.41) is 8.50. The second-order valence-electron chi connectivity index (χ2n) is 7.18. The van der Waals surface area contributed by atoms with E-state index in [0.29, 0.717) is 12.3 Å². The van der Waals surface area contributed by atoms with Crippen molar-refractivity contribution in [1.82, 2.24) is 0 Å². The van der Waals surface area contributed by atoms with E-state index in [2.05, 4.69) is 13.8 Å². The Kier molecular flexibility index (Phi) is 14.1. The lowest BCUT2D eigenvalue weighted by Crippen LogP contribution is -2.20. The van der Waals surface area contributed by atoms with Gasteiger partial charge in [0.05, 0.1) is 18.8 Å². The maximum atomic E-state index is 11.8. The molecule has 0 aliphatic heterocycles. The molecule has 146 valence electrons. The van der Waals surface area contributed by atoms with Crippen LogP contribution in [0.2, 0.25) is 0 Å². The molecular formula is C20H36O5. The standard InChI is InChI=1S/C20H36O5/c1-4-5-6-7-8-9-10-11-16(2)12-13-17(3)20(24)25-19(23)15-14-18(21)22/h16-17H,4-15H2,1-3H3,(H,21,22). The van der Waals surface area contributed by atoms with Crippen molar-refractivity contribution < 1.29 is 24.2 Å². The summed E-state index contributed by atoms with van der Waals surface area (Å²) in [5.74, 6) is -2.13. The van der Waals surface area contributed by atoms with Crippen LogP contribution in [0, 0.1) is 11.8 Å². The minimum Gasteiger partial charge on any atom is -0.481 e. The molecule has 0 aliphatic carbocycles. The van der Waals surface area contributed by atoms with Gasteiger partial charge in [-0.25, -0.2) is 0 Å². The third-order valence-electron chi connectivity index (χ3n) is 4.55. The summed E-state index contributed by atoms with van der Waals surface area (Å²) in [6.45, 7) is 6.19. The fraction of sp³-hybridized carbons (Fsp3) is 0.850. The van der Waals surface area contributed by atoms with Crippen LogP contribution in [0.3, 0.4) is 0 Å². The fourth-order valence-corrected chi connectivity index (χ4v) is 2.72. The van der Waals surface area contributed by atoms with Gasteiger partial charge >= 0.3 is 17.9 Å². The highest BCUT2D eigenvalue weighted by molar-refractivity contribution is 5.87. The highest BCUT2D eigenvalue weighted by atomic mass is 16.6. The van der Waals surface area contributed by atoms with Gasteiger partial charge in [-0.2, -0.15) is 0 Å². The van der Waals surface area contributed by atoms with E-state index in [1.165, 1.54) is 51.4 Å². The van der Waals surface area contributed by atoms with E-state index >= 15 is 0 Å². The van der Waals surface area contributed by atoms with Gasteiger partial charge in [-0.3, -0.25) is 14.4 Å². The second-order valence-corrected chi connectivity index (χ2v) is 7.18. The first-order chi connectivity index (χ1) is 11.9. The van der Waals surface area contributed by atoms with Gasteiger partial charge in [0.15, 0.2) is 0 Å². The molecule has 5 nitrogen and oxygen atoms in total. The molecule has 0 radical (unpaired) electrons. The van der Waals surface area contributed by atoms with Crippen molar-refractivity contribution in [1.29, 1.82) is 0 Å². The van der Waals surface area contributed by atoms with E-state index in [1.807, 2.05) is 0 Å². The number of aliphatic carboxylic acids is 1. The molecule has 25 heavy (non-hydrogen) atoms. The molecule has 0 rings (SSSR count). The first kappa shape index (κ1) is 23.6. The SMILES string of the molecule is CCCCCCCCCC(C)CCC(C)C(=O)OC(=O)CCC(=O)O. The minimum atomic E-state index is -1.07. The van der Waals surface area contributed by atoms with E-state index in [1.54, 1.807) is 6.92 Å². The molecule has 2 unspecified atom stereocenters. The second kappa shape index (κ2) is 14.9. The molecule has 0 heterocycles. The van der Waals surface area contributed by atoms with E-state index in [-0.39, 0.29) is 18.8 Å². The predicted molar refractivity (Wildman–Crippen MR) is 98.1 cm³/mol. The first-order valence-corrected chi connectivity index (χ1v) is 9.83. The number of esters is 2. The Balaban J connectivity index is 3.74. The summed E-state index contributed by atoms with van der Waals surface area (Å²) >= 11 is 0. The molecule has 0 aliphatic rings. The smallest absolute Gasteiger partial charge is 0.316 e. The van der Waals surface area contributed by atoms with Crippen LogP contribution in [0.15, 0.2) is 0 Å². The molecule has 0 aromatic heterocycles. The summed E-state index contributed by atoms with van der Waals surface area (Å²) in [5.41, 5.74) is 0. The Bertz CT molecular complexity index is 392. The Morgan fingerprint density at radius 3 is 2.04 bits per heavy atom. The fourth-order valence-electron chi connectivity index (χ4n) is 2.72. The molecule has 0 bridgehead atoms. The number of rotatable bonds is 15. The molecule has 2 atom stereocenters. The lowest BCUT2D eigenvalue weighted by molar-refractivity contribution is -0.163. The largest absolute Gasteiger partial charge is 0.481 e. The van der Waals surface area contributed by atoms with E-state index < -0.39 is 17.9 Å². The highest BCUT2D eigenvalue weighted by Crippen LogP contribution is 2.20. The number of carboxylic acid groups (broad SMARTS) is 1. The molecular weight excluding hydrogens is 320 g/mol. The number of ether oxygens (including phenoxy) is 1. The molecule has 0 aromatic carbocycles. The van der Waals surface area contributed by atoms with Crippen molar-refractivity contribution in [2.24, 2.45) is 11.8 Å². The lowest BCUT2D eigenvalue weighted by Gasteiger charge is -2.14. The van der Waals surface area contributed by atoms with Crippen LogP contribution in [-0.2, 0) is 19.1 Å². The van der Waals surface area contributed by atoms with Gasteiger partial charge in [0.2, 0.25) is 0 Å². The molecule has 5 heteroatoms. The van der Waals surface area contributed by atoms with Crippen LogP contribution in [0.25, 0.3) is 0 Å². The average molecular weight is 357 g/mol. The predicted octanol–water partition coefficient (Wildman–Crippen LogP) is 5.11. The third-order valence-corrected chi connectivity index (χ3v) is 4.55. The van der Waals surface area contributed by atoms with Gasteiger partial charge in [0.1, 0.15) is 0 Å². The number of carboxylic acids is 1. The lowest BCUT2D eigenvalue weighted by atomic mass is 9.93. The molecule has 0 fully saturated rings. The summed E-state index contributed by atoms with van der Waals surface area (Å²) in [6.07, 6.45) is 11.4. The van der Waals surface area contributed by atoms with Gasteiger partial charge in [0.25, 0.3) is 0 Å². The minimum absolute atomic E-state index is 0.261. The molecule has 0 amide bonds. The van der Waals surface area contributed by atoms with Crippen molar-refractivity contribution in [3.63, 3.8) is 0 Å². The van der Waals surface area contributed by atoms with Gasteiger partial charge < -0.3 is 9.84 Å². The van der Waals surface area contributed by atoms with Gasteiger partial charge in [-0.15, -0.1) is 0 Å². The molecule has 1 N–H and O–H groups in total. The van der Waals surface area contributed by atoms with Crippen molar-refractivity contribution >= 4 is 17.9 Å². The van der Waals surface area contributed by atoms with Crippen LogP contribution >= 0.6 is 0 Å². The average Bonchev–Trinajstić information content (AvgIpc) is 2.56. The van der Waals surface area contributed by atoms with Crippen molar-refractivity contribution in [3.05, 3.63) is 0 Å². The number of carbonyl (C=O) groups excluding carboxylic acids is 2. The maximum absolute atomic E-state index is 11.8. The molecule has 0 aromatic rings. The number of unbranched alkanes of at least 4 members (excludes halogenated alkanes) is 6. The number of hydrogen-bond acceptors (Lipinski definition) is 4. The Morgan fingerprint density at radius 1 is 0.840 bits per heavy atom. The van der Waals surface area contributed by atoms with Crippen LogP contribution in [-0.4, -0.2) is 23.0 Å². The summed E-state index contributed by atoms with van der Waals surface area (Å²) in [6, 6.07) is 0. The zero-order chi connectivity index (χ0) is 19.1. The van der Waals surface area contributed by atoms with E-state index in [0.717, 1.165) is 6.42 Å². The Morgan fingerprint density at radius 2 is 1.44 bits per heavy atom. The molecule has 0 saturated heterocycles. The molecule has 0 spiro atoms. The zero-order valence-corrected chi connectivity index (χ0v) is 16.2. The van der Waals surface area contributed by atoms with Crippen LogP contribution in [0.4, 0.5) is 0 Å². The monoisotopic (exact) mass is 356 g/mol. The van der Waals surface area contributed by atoms with Crippen molar-refractivity contribution in [2.75, 3.05) is 0 Å². The summed E-state index contributed by atoms with van der Waals surface area (Å²) in [7, 11) is 0.